The van der Waals surface area contributed by atoms with Crippen molar-refractivity contribution >= 4 is 17.7 Å². The third-order valence-corrected chi connectivity index (χ3v) is 6.04. The van der Waals surface area contributed by atoms with E-state index in [1.54, 1.807) is 31.2 Å². The molecule has 2 aromatic rings. The Bertz CT molecular complexity index is 1030. The number of hydrogen-bond donors (Lipinski definition) is 2. The van der Waals surface area contributed by atoms with Crippen LogP contribution in [0.4, 0.5) is 23.7 Å². The van der Waals surface area contributed by atoms with Gasteiger partial charge >= 0.3 is 18.4 Å². The molecule has 1 unspecified atom stereocenters. The Morgan fingerprint density at radius 1 is 0.950 bits per heavy atom. The molecule has 1 atom stereocenters. The summed E-state index contributed by atoms with van der Waals surface area (Å²) in [6, 6.07) is 11.8. The van der Waals surface area contributed by atoms with Crippen LogP contribution in [0.3, 0.4) is 0 Å². The van der Waals surface area contributed by atoms with E-state index in [0.717, 1.165) is 50.2 Å². The molecule has 2 rings (SSSR count). The van der Waals surface area contributed by atoms with Gasteiger partial charge in [-0.3, -0.25) is 0 Å². The minimum absolute atomic E-state index is 0.0824. The number of benzene rings is 2. The summed E-state index contributed by atoms with van der Waals surface area (Å²) in [5, 5.41) is 11.8. The maximum Gasteiger partial charge on any atom is 0.573 e. The number of alkyl halides is 3. The normalized spacial score (nSPS) is 12.0. The first-order chi connectivity index (χ1) is 19.1. The van der Waals surface area contributed by atoms with Crippen LogP contribution in [-0.4, -0.2) is 60.8 Å². The van der Waals surface area contributed by atoms with Gasteiger partial charge in [0, 0.05) is 19.6 Å². The van der Waals surface area contributed by atoms with Crippen molar-refractivity contribution < 1.29 is 42.1 Å². The van der Waals surface area contributed by atoms with Crippen molar-refractivity contribution in [2.45, 2.75) is 71.3 Å². The number of carbonyl (C=O) groups is 2. The largest absolute Gasteiger partial charge is 0.573 e. The van der Waals surface area contributed by atoms with Crippen molar-refractivity contribution in [3.8, 4) is 11.5 Å². The van der Waals surface area contributed by atoms with E-state index < -0.39 is 30.2 Å². The van der Waals surface area contributed by atoms with E-state index in [9.17, 15) is 27.9 Å². The average molecular weight is 569 g/mol. The minimum atomic E-state index is -4.89. The van der Waals surface area contributed by atoms with E-state index in [0.29, 0.717) is 18.9 Å². The maximum atomic E-state index is 13.1. The molecule has 0 aliphatic carbocycles. The zero-order valence-electron chi connectivity index (χ0n) is 23.0. The molecule has 0 saturated heterocycles. The molecule has 2 N–H and O–H groups in total. The summed E-state index contributed by atoms with van der Waals surface area (Å²) in [5.41, 5.74) is 0.693. The Balaban J connectivity index is 1.99. The fourth-order valence-electron chi connectivity index (χ4n) is 4.00. The van der Waals surface area contributed by atoms with Crippen LogP contribution in [0, 0.1) is 0 Å². The number of carboxylic acid groups (broad SMARTS) is 1. The van der Waals surface area contributed by atoms with Crippen LogP contribution in [-0.2, 0) is 16.0 Å². The molecule has 0 aromatic heterocycles. The second-order valence-electron chi connectivity index (χ2n) is 9.21. The number of halogens is 3. The molecule has 0 fully saturated rings. The zero-order valence-corrected chi connectivity index (χ0v) is 23.0. The van der Waals surface area contributed by atoms with Gasteiger partial charge in [0.2, 0.25) is 0 Å². The third kappa shape index (κ3) is 12.6. The molecule has 11 heteroatoms. The molecule has 8 nitrogen and oxygen atoms in total. The summed E-state index contributed by atoms with van der Waals surface area (Å²) < 4.78 is 53.5. The fourth-order valence-corrected chi connectivity index (χ4v) is 4.00. The Labute approximate surface area is 233 Å². The number of aliphatic carboxylic acids is 1. The second kappa shape index (κ2) is 17.3. The standard InChI is InChI=1S/C29H39F3N2O6/c1-3-5-6-7-8-11-18-34(28(37)33-24-12-9-10-13-25(24)40-29(30,31)32)19-20-39-23-16-14-22(15-17-23)21-26(27(35)36)38-4-2/h9-10,12-17,26H,3-8,11,18-21H2,1-2H3,(H,33,37)(H,35,36). The topological polar surface area (TPSA) is 97.3 Å². The van der Waals surface area contributed by atoms with Gasteiger partial charge in [-0.15, -0.1) is 13.2 Å². The molecule has 0 saturated carbocycles. The zero-order chi connectivity index (χ0) is 29.4. The van der Waals surface area contributed by atoms with E-state index >= 15 is 0 Å². The van der Waals surface area contributed by atoms with Crippen LogP contribution in [0.15, 0.2) is 48.5 Å². The van der Waals surface area contributed by atoms with Gasteiger partial charge in [-0.05, 0) is 43.2 Å². The molecular formula is C29H39F3N2O6. The number of rotatable bonds is 18. The molecule has 2 amide bonds. The maximum absolute atomic E-state index is 13.1. The van der Waals surface area contributed by atoms with E-state index in [4.69, 9.17) is 9.47 Å². The SMILES string of the molecule is CCCCCCCCN(CCOc1ccc(CC(OCC)C(=O)O)cc1)C(=O)Nc1ccccc1OC(F)(F)F. The number of anilines is 1. The minimum Gasteiger partial charge on any atom is -0.492 e. The number of carbonyl (C=O) groups excluding carboxylic acids is 1. The van der Waals surface area contributed by atoms with Crippen LogP contribution >= 0.6 is 0 Å². The highest BCUT2D eigenvalue weighted by Crippen LogP contribution is 2.30. The van der Waals surface area contributed by atoms with Gasteiger partial charge in [-0.25, -0.2) is 9.59 Å². The average Bonchev–Trinajstić information content (AvgIpc) is 2.90. The molecule has 0 spiro atoms. The van der Waals surface area contributed by atoms with Crippen LogP contribution in [0.25, 0.3) is 0 Å². The number of urea groups is 1. The van der Waals surface area contributed by atoms with Gasteiger partial charge < -0.3 is 29.5 Å². The van der Waals surface area contributed by atoms with Crippen molar-refractivity contribution in [3.63, 3.8) is 0 Å². The van der Waals surface area contributed by atoms with Gasteiger partial charge in [-0.2, -0.15) is 0 Å². The van der Waals surface area contributed by atoms with Crippen molar-refractivity contribution in [2.24, 2.45) is 0 Å². The number of nitrogens with one attached hydrogen (secondary N) is 1. The van der Waals surface area contributed by atoms with Gasteiger partial charge in [0.05, 0.1) is 12.2 Å². The lowest BCUT2D eigenvalue weighted by molar-refractivity contribution is -0.274. The van der Waals surface area contributed by atoms with E-state index in [1.807, 2.05) is 0 Å². The first kappa shape index (κ1) is 32.7. The van der Waals surface area contributed by atoms with E-state index in [2.05, 4.69) is 17.0 Å². The lowest BCUT2D eigenvalue weighted by Crippen LogP contribution is -2.38. The van der Waals surface area contributed by atoms with Crippen molar-refractivity contribution in [1.29, 1.82) is 0 Å². The summed E-state index contributed by atoms with van der Waals surface area (Å²) >= 11 is 0. The van der Waals surface area contributed by atoms with Gasteiger partial charge in [0.15, 0.2) is 11.9 Å². The smallest absolute Gasteiger partial charge is 0.492 e. The molecular weight excluding hydrogens is 529 g/mol. The third-order valence-electron chi connectivity index (χ3n) is 6.04. The van der Waals surface area contributed by atoms with Crippen molar-refractivity contribution in [3.05, 3.63) is 54.1 Å². The Morgan fingerprint density at radius 3 is 2.27 bits per heavy atom. The molecule has 0 bridgehead atoms. The van der Waals surface area contributed by atoms with E-state index in [-0.39, 0.29) is 25.3 Å². The molecule has 222 valence electrons. The first-order valence-corrected chi connectivity index (χ1v) is 13.6. The summed E-state index contributed by atoms with van der Waals surface area (Å²) in [7, 11) is 0. The molecule has 0 aliphatic rings. The van der Waals surface area contributed by atoms with Crippen LogP contribution in [0.5, 0.6) is 11.5 Å². The van der Waals surface area contributed by atoms with Crippen LogP contribution in [0.2, 0.25) is 0 Å². The monoisotopic (exact) mass is 568 g/mol. The van der Waals surface area contributed by atoms with Crippen molar-refractivity contribution in [2.75, 3.05) is 31.6 Å². The number of para-hydroxylation sites is 2. The van der Waals surface area contributed by atoms with Crippen LogP contribution in [0.1, 0.15) is 57.9 Å². The number of ether oxygens (including phenoxy) is 3. The Hall–Kier alpha value is -3.47. The van der Waals surface area contributed by atoms with E-state index in [1.165, 1.54) is 23.1 Å². The number of unbranched alkanes of at least 4 members (excludes halogenated alkanes) is 5. The highest BCUT2D eigenvalue weighted by atomic mass is 19.4. The summed E-state index contributed by atoms with van der Waals surface area (Å²) in [6.07, 6.45) is 0.499. The predicted octanol–water partition coefficient (Wildman–Crippen LogP) is 6.89. The highest BCUT2D eigenvalue weighted by Gasteiger charge is 2.32. The summed E-state index contributed by atoms with van der Waals surface area (Å²) in [6.45, 7) is 4.93. The van der Waals surface area contributed by atoms with Crippen LogP contribution < -0.4 is 14.8 Å². The predicted molar refractivity (Wildman–Crippen MR) is 146 cm³/mol. The molecule has 0 aliphatic heterocycles. The Morgan fingerprint density at radius 2 is 1.62 bits per heavy atom. The Kier molecular flexibility index (Phi) is 14.1. The second-order valence-corrected chi connectivity index (χ2v) is 9.21. The number of nitrogens with zero attached hydrogens (tertiary/aromatic N) is 1. The van der Waals surface area contributed by atoms with Gasteiger partial charge in [0.1, 0.15) is 12.4 Å². The summed E-state index contributed by atoms with van der Waals surface area (Å²) in [4.78, 5) is 25.9. The molecule has 0 heterocycles. The number of hydrogen-bond acceptors (Lipinski definition) is 5. The van der Waals surface area contributed by atoms with Crippen molar-refractivity contribution in [1.82, 2.24) is 4.90 Å². The molecule has 40 heavy (non-hydrogen) atoms. The summed E-state index contributed by atoms with van der Waals surface area (Å²) in [5.74, 6) is -0.983. The lowest BCUT2D eigenvalue weighted by Gasteiger charge is -2.24. The first-order valence-electron chi connectivity index (χ1n) is 13.6. The van der Waals surface area contributed by atoms with Gasteiger partial charge in [-0.1, -0.05) is 63.3 Å². The number of carboxylic acids is 1. The quantitative estimate of drug-likeness (QED) is 0.190. The highest BCUT2D eigenvalue weighted by molar-refractivity contribution is 5.91. The van der Waals surface area contributed by atoms with Gasteiger partial charge in [0.25, 0.3) is 0 Å². The number of amides is 2. The lowest BCUT2D eigenvalue weighted by atomic mass is 10.1. The molecule has 0 radical (unpaired) electrons. The molecule has 2 aromatic carbocycles. The fraction of sp³-hybridized carbons (Fsp3) is 0.517.